The monoisotopic (exact) mass is 250 g/mol. The summed E-state index contributed by atoms with van der Waals surface area (Å²) in [6.45, 7) is 3.70. The highest BCUT2D eigenvalue weighted by atomic mass is 32.2. The number of nitrogens with zero attached hydrogens (tertiary/aromatic N) is 1. The lowest BCUT2D eigenvalue weighted by atomic mass is 9.94. The van der Waals surface area contributed by atoms with Crippen LogP contribution in [0.4, 0.5) is 0 Å². The zero-order chi connectivity index (χ0) is 12.2. The highest BCUT2D eigenvalue weighted by molar-refractivity contribution is 7.89. The van der Waals surface area contributed by atoms with Gasteiger partial charge in [-0.05, 0) is 18.8 Å². The summed E-state index contributed by atoms with van der Waals surface area (Å²) in [5.41, 5.74) is 5.97. The van der Waals surface area contributed by atoms with Gasteiger partial charge in [0.25, 0.3) is 0 Å². The Morgan fingerprint density at radius 2 is 2.00 bits per heavy atom. The first kappa shape index (κ1) is 13.9. The molecule has 0 aromatic carbocycles. The van der Waals surface area contributed by atoms with E-state index in [9.17, 15) is 8.42 Å². The largest absolute Gasteiger partial charge is 0.381 e. The van der Waals surface area contributed by atoms with E-state index in [1.165, 1.54) is 4.31 Å². The van der Waals surface area contributed by atoms with Gasteiger partial charge in [0, 0.05) is 32.8 Å². The Kier molecular flexibility index (Phi) is 5.17. The maximum atomic E-state index is 11.8. The average Bonchev–Trinajstić information content (AvgIpc) is 2.28. The van der Waals surface area contributed by atoms with Crippen molar-refractivity contribution in [3.63, 3.8) is 0 Å². The zero-order valence-corrected chi connectivity index (χ0v) is 10.9. The third kappa shape index (κ3) is 3.69. The van der Waals surface area contributed by atoms with E-state index >= 15 is 0 Å². The summed E-state index contributed by atoms with van der Waals surface area (Å²) in [5.74, 6) is 0.316. The van der Waals surface area contributed by atoms with Gasteiger partial charge >= 0.3 is 0 Å². The molecule has 0 saturated carbocycles. The van der Waals surface area contributed by atoms with Crippen LogP contribution in [-0.4, -0.2) is 51.3 Å². The first-order chi connectivity index (χ1) is 7.47. The molecule has 1 saturated heterocycles. The van der Waals surface area contributed by atoms with Gasteiger partial charge in [-0.1, -0.05) is 6.92 Å². The Morgan fingerprint density at radius 1 is 1.44 bits per heavy atom. The molecule has 2 N–H and O–H groups in total. The summed E-state index contributed by atoms with van der Waals surface area (Å²) in [7, 11) is -1.60. The van der Waals surface area contributed by atoms with Crippen molar-refractivity contribution in [1.29, 1.82) is 0 Å². The number of hydrogen-bond donors (Lipinski definition) is 1. The Bertz CT molecular complexity index is 299. The molecule has 5 nitrogen and oxygen atoms in total. The fourth-order valence-electron chi connectivity index (χ4n) is 1.85. The van der Waals surface area contributed by atoms with E-state index in [0.717, 1.165) is 12.8 Å². The molecule has 0 aromatic rings. The number of rotatable bonds is 5. The van der Waals surface area contributed by atoms with Crippen LogP contribution >= 0.6 is 0 Å². The molecule has 1 unspecified atom stereocenters. The van der Waals surface area contributed by atoms with Crippen LogP contribution in [0, 0.1) is 5.92 Å². The zero-order valence-electron chi connectivity index (χ0n) is 10.1. The third-order valence-electron chi connectivity index (χ3n) is 3.19. The maximum Gasteiger partial charge on any atom is 0.215 e. The highest BCUT2D eigenvalue weighted by Crippen LogP contribution is 2.19. The van der Waals surface area contributed by atoms with Gasteiger partial charge in [-0.2, -0.15) is 0 Å². The van der Waals surface area contributed by atoms with Crippen molar-refractivity contribution in [3.05, 3.63) is 0 Å². The van der Waals surface area contributed by atoms with Crippen molar-refractivity contribution in [2.45, 2.75) is 25.8 Å². The minimum atomic E-state index is -3.19. The predicted octanol–water partition coefficient (Wildman–Crippen LogP) is 0.0218. The average molecular weight is 250 g/mol. The van der Waals surface area contributed by atoms with Gasteiger partial charge < -0.3 is 10.5 Å². The normalized spacial score (nSPS) is 21.2. The Hall–Kier alpha value is -0.170. The molecule has 1 aliphatic rings. The molecule has 1 heterocycles. The lowest BCUT2D eigenvalue weighted by Gasteiger charge is -2.28. The van der Waals surface area contributed by atoms with E-state index in [4.69, 9.17) is 10.5 Å². The van der Waals surface area contributed by atoms with Crippen molar-refractivity contribution in [3.8, 4) is 0 Å². The van der Waals surface area contributed by atoms with Crippen LogP contribution in [0.3, 0.4) is 0 Å². The van der Waals surface area contributed by atoms with Crippen LogP contribution in [-0.2, 0) is 14.8 Å². The molecule has 1 atom stereocenters. The molecule has 96 valence electrons. The van der Waals surface area contributed by atoms with E-state index in [0.29, 0.717) is 19.8 Å². The van der Waals surface area contributed by atoms with E-state index < -0.39 is 10.0 Å². The second-order valence-corrected chi connectivity index (χ2v) is 6.43. The smallest absolute Gasteiger partial charge is 0.215 e. The third-order valence-corrected chi connectivity index (χ3v) is 5.21. The molecule has 0 amide bonds. The van der Waals surface area contributed by atoms with Gasteiger partial charge in [0.05, 0.1) is 5.75 Å². The molecule has 0 radical (unpaired) electrons. The number of ether oxygens (including phenoxy) is 1. The van der Waals surface area contributed by atoms with Crippen LogP contribution < -0.4 is 5.73 Å². The second-order valence-electron chi connectivity index (χ2n) is 4.31. The molecule has 1 aliphatic heterocycles. The molecular weight excluding hydrogens is 228 g/mol. The molecule has 0 spiro atoms. The van der Waals surface area contributed by atoms with Crippen molar-refractivity contribution in [2.24, 2.45) is 11.7 Å². The van der Waals surface area contributed by atoms with Crippen molar-refractivity contribution >= 4 is 10.0 Å². The van der Waals surface area contributed by atoms with Crippen molar-refractivity contribution in [2.75, 3.05) is 32.6 Å². The second kappa shape index (κ2) is 5.95. The lowest BCUT2D eigenvalue weighted by Crippen LogP contribution is -2.43. The standard InChI is InChI=1S/C10H22N2O3S/c1-3-12(2)16(13,14)8-10(11)9-4-6-15-7-5-9/h9-10H,3-8,11H2,1-2H3. The fourth-order valence-corrected chi connectivity index (χ4v) is 3.25. The van der Waals surface area contributed by atoms with Gasteiger partial charge in [-0.3, -0.25) is 0 Å². The topological polar surface area (TPSA) is 72.6 Å². The van der Waals surface area contributed by atoms with Crippen LogP contribution in [0.2, 0.25) is 0 Å². The fraction of sp³-hybridized carbons (Fsp3) is 1.00. The number of sulfonamides is 1. The Balaban J connectivity index is 2.52. The molecule has 0 bridgehead atoms. The van der Waals surface area contributed by atoms with Gasteiger partial charge in [-0.15, -0.1) is 0 Å². The quantitative estimate of drug-likeness (QED) is 0.746. The molecule has 16 heavy (non-hydrogen) atoms. The summed E-state index contributed by atoms with van der Waals surface area (Å²) in [5, 5.41) is 0. The van der Waals surface area contributed by atoms with Crippen LogP contribution in [0.15, 0.2) is 0 Å². The highest BCUT2D eigenvalue weighted by Gasteiger charge is 2.27. The molecular formula is C10H22N2O3S. The molecule has 1 fully saturated rings. The molecule has 0 aliphatic carbocycles. The minimum absolute atomic E-state index is 0.0437. The van der Waals surface area contributed by atoms with Gasteiger partial charge in [0.1, 0.15) is 0 Å². The van der Waals surface area contributed by atoms with Crippen LogP contribution in [0.1, 0.15) is 19.8 Å². The summed E-state index contributed by atoms with van der Waals surface area (Å²) >= 11 is 0. The summed E-state index contributed by atoms with van der Waals surface area (Å²) < 4.78 is 30.2. The van der Waals surface area contributed by atoms with Gasteiger partial charge in [-0.25, -0.2) is 12.7 Å². The molecule has 1 rings (SSSR count). The van der Waals surface area contributed by atoms with Crippen LogP contribution in [0.5, 0.6) is 0 Å². The van der Waals surface area contributed by atoms with Crippen molar-refractivity contribution < 1.29 is 13.2 Å². The first-order valence-electron chi connectivity index (χ1n) is 5.74. The van der Waals surface area contributed by atoms with E-state index in [2.05, 4.69) is 0 Å². The summed E-state index contributed by atoms with van der Waals surface area (Å²) in [6, 6.07) is -0.275. The Labute approximate surface area is 98.0 Å². The van der Waals surface area contributed by atoms with E-state index in [1.807, 2.05) is 6.92 Å². The van der Waals surface area contributed by atoms with Crippen LogP contribution in [0.25, 0.3) is 0 Å². The lowest BCUT2D eigenvalue weighted by molar-refractivity contribution is 0.0605. The van der Waals surface area contributed by atoms with Gasteiger partial charge in [0.2, 0.25) is 10.0 Å². The number of nitrogens with two attached hydrogens (primary N) is 1. The van der Waals surface area contributed by atoms with E-state index in [1.54, 1.807) is 7.05 Å². The van der Waals surface area contributed by atoms with E-state index in [-0.39, 0.29) is 17.7 Å². The summed E-state index contributed by atoms with van der Waals surface area (Å²) in [4.78, 5) is 0. The predicted molar refractivity (Wildman–Crippen MR) is 63.6 cm³/mol. The summed E-state index contributed by atoms with van der Waals surface area (Å²) in [6.07, 6.45) is 1.74. The Morgan fingerprint density at radius 3 is 2.50 bits per heavy atom. The molecule has 6 heteroatoms. The van der Waals surface area contributed by atoms with Crippen molar-refractivity contribution in [1.82, 2.24) is 4.31 Å². The minimum Gasteiger partial charge on any atom is -0.381 e. The number of hydrogen-bond acceptors (Lipinski definition) is 4. The maximum absolute atomic E-state index is 11.8. The SMILES string of the molecule is CCN(C)S(=O)(=O)CC(N)C1CCOCC1. The van der Waals surface area contributed by atoms with Gasteiger partial charge in [0.15, 0.2) is 0 Å². The first-order valence-corrected chi connectivity index (χ1v) is 7.35. The molecule has 0 aromatic heterocycles.